The van der Waals surface area contributed by atoms with Crippen molar-refractivity contribution in [3.63, 3.8) is 0 Å². The summed E-state index contributed by atoms with van der Waals surface area (Å²) in [6.07, 6.45) is 0. The minimum Gasteiger partial charge on any atom is -0.465 e. The fraction of sp³-hybridized carbons (Fsp3) is 0.0714. The molecule has 0 aliphatic heterocycles. The van der Waals surface area contributed by atoms with E-state index in [4.69, 9.17) is 45.3 Å². The van der Waals surface area contributed by atoms with E-state index in [0.29, 0.717) is 30.5 Å². The predicted molar refractivity (Wildman–Crippen MR) is 87.8 cm³/mol. The fourth-order valence-corrected chi connectivity index (χ4v) is 3.44. The summed E-state index contributed by atoms with van der Waals surface area (Å²) < 4.78 is 4.75. The zero-order valence-electron chi connectivity index (χ0n) is 10.8. The highest BCUT2D eigenvalue weighted by molar-refractivity contribution is 7.99. The highest BCUT2D eigenvalue weighted by Gasteiger charge is 2.18. The Kier molecular flexibility index (Phi) is 5.27. The number of carbonyl (C=O) groups excluding carboxylic acids is 1. The van der Waals surface area contributed by atoms with Gasteiger partial charge in [0.1, 0.15) is 0 Å². The van der Waals surface area contributed by atoms with Gasteiger partial charge in [-0.25, -0.2) is 4.79 Å². The number of ether oxygens (including phenoxy) is 1. The van der Waals surface area contributed by atoms with Crippen LogP contribution in [0.15, 0.2) is 40.1 Å². The molecule has 2 aromatic rings. The first-order valence-corrected chi connectivity index (χ1v) is 7.67. The van der Waals surface area contributed by atoms with Crippen LogP contribution >= 0.6 is 46.6 Å². The van der Waals surface area contributed by atoms with Crippen molar-refractivity contribution in [3.8, 4) is 0 Å². The number of carbonyl (C=O) groups is 1. The molecule has 7 heteroatoms. The summed E-state index contributed by atoms with van der Waals surface area (Å²) in [5.41, 5.74) is 6.38. The van der Waals surface area contributed by atoms with E-state index in [1.54, 1.807) is 24.3 Å². The van der Waals surface area contributed by atoms with Gasteiger partial charge in [-0.1, -0.05) is 46.6 Å². The van der Waals surface area contributed by atoms with Crippen LogP contribution in [0.1, 0.15) is 10.4 Å². The monoisotopic (exact) mass is 361 g/mol. The molecule has 0 bridgehead atoms. The molecule has 0 aromatic heterocycles. The van der Waals surface area contributed by atoms with Crippen LogP contribution in [0.25, 0.3) is 0 Å². The van der Waals surface area contributed by atoms with Gasteiger partial charge in [-0.05, 0) is 30.3 Å². The Balaban J connectivity index is 2.53. The number of methoxy groups -OCH3 is 1. The number of nitrogens with two attached hydrogens (primary N) is 1. The average molecular weight is 363 g/mol. The Hall–Kier alpha value is -1.07. The van der Waals surface area contributed by atoms with Gasteiger partial charge in [-0.2, -0.15) is 0 Å². The molecule has 2 rings (SSSR count). The van der Waals surface area contributed by atoms with Gasteiger partial charge < -0.3 is 10.5 Å². The molecule has 2 N–H and O–H groups in total. The van der Waals surface area contributed by atoms with Gasteiger partial charge in [0, 0.05) is 20.5 Å². The van der Waals surface area contributed by atoms with Crippen LogP contribution < -0.4 is 5.73 Å². The smallest absolute Gasteiger partial charge is 0.339 e. The van der Waals surface area contributed by atoms with Crippen molar-refractivity contribution in [3.05, 3.63) is 51.0 Å². The molecular weight excluding hydrogens is 353 g/mol. The molecule has 0 radical (unpaired) electrons. The van der Waals surface area contributed by atoms with E-state index < -0.39 is 5.97 Å². The molecule has 0 saturated heterocycles. The Morgan fingerprint density at radius 3 is 2.52 bits per heavy atom. The molecule has 0 heterocycles. The van der Waals surface area contributed by atoms with Crippen molar-refractivity contribution in [2.24, 2.45) is 0 Å². The SMILES string of the molecule is COC(=O)c1cc(N)cc(Cl)c1Sc1cc(Cl)ccc1Cl. The zero-order valence-corrected chi connectivity index (χ0v) is 13.9. The number of rotatable bonds is 3. The first-order valence-electron chi connectivity index (χ1n) is 5.72. The molecule has 110 valence electrons. The third-order valence-electron chi connectivity index (χ3n) is 2.58. The second kappa shape index (κ2) is 6.79. The van der Waals surface area contributed by atoms with Crippen molar-refractivity contribution in [2.45, 2.75) is 9.79 Å². The van der Waals surface area contributed by atoms with E-state index in [1.807, 2.05) is 0 Å². The second-order valence-electron chi connectivity index (χ2n) is 4.05. The van der Waals surface area contributed by atoms with Crippen molar-refractivity contribution in [1.82, 2.24) is 0 Å². The van der Waals surface area contributed by atoms with Gasteiger partial charge in [-0.15, -0.1) is 0 Å². The maximum Gasteiger partial charge on any atom is 0.339 e. The normalized spacial score (nSPS) is 10.5. The van der Waals surface area contributed by atoms with E-state index in [1.165, 1.54) is 24.9 Å². The molecule has 0 saturated carbocycles. The molecule has 2 aromatic carbocycles. The lowest BCUT2D eigenvalue weighted by molar-refractivity contribution is 0.0597. The van der Waals surface area contributed by atoms with Crippen LogP contribution in [0.5, 0.6) is 0 Å². The predicted octanol–water partition coefficient (Wildman–Crippen LogP) is 5.17. The number of hydrogen-bond donors (Lipinski definition) is 1. The third kappa shape index (κ3) is 3.77. The number of esters is 1. The summed E-state index contributed by atoms with van der Waals surface area (Å²) in [6.45, 7) is 0. The van der Waals surface area contributed by atoms with Crippen molar-refractivity contribution < 1.29 is 9.53 Å². The lowest BCUT2D eigenvalue weighted by Gasteiger charge is -2.12. The van der Waals surface area contributed by atoms with Gasteiger partial charge in [0.2, 0.25) is 0 Å². The quantitative estimate of drug-likeness (QED) is 0.605. The van der Waals surface area contributed by atoms with Crippen LogP contribution in [0.3, 0.4) is 0 Å². The van der Waals surface area contributed by atoms with Gasteiger partial charge >= 0.3 is 5.97 Å². The summed E-state index contributed by atoms with van der Waals surface area (Å²) in [5.74, 6) is -0.523. The Morgan fingerprint density at radius 2 is 1.86 bits per heavy atom. The third-order valence-corrected chi connectivity index (χ3v) is 4.87. The largest absolute Gasteiger partial charge is 0.465 e. The summed E-state index contributed by atoms with van der Waals surface area (Å²) in [7, 11) is 1.29. The molecule has 0 amide bonds. The maximum absolute atomic E-state index is 11.9. The Bertz CT molecular complexity index is 707. The first kappa shape index (κ1) is 16.3. The van der Waals surface area contributed by atoms with Gasteiger partial charge in [0.25, 0.3) is 0 Å². The molecule has 0 fully saturated rings. The standard InChI is InChI=1S/C14H10Cl3NO2S/c1-20-14(19)9-5-8(18)6-11(17)13(9)21-12-4-7(15)2-3-10(12)16/h2-6H,18H2,1H3. The average Bonchev–Trinajstić information content (AvgIpc) is 2.44. The summed E-state index contributed by atoms with van der Waals surface area (Å²) >= 11 is 19.5. The zero-order chi connectivity index (χ0) is 15.6. The van der Waals surface area contributed by atoms with E-state index in [9.17, 15) is 4.79 Å². The lowest BCUT2D eigenvalue weighted by atomic mass is 10.2. The summed E-state index contributed by atoms with van der Waals surface area (Å²) in [5, 5.41) is 1.39. The maximum atomic E-state index is 11.9. The van der Waals surface area contributed by atoms with Crippen LogP contribution in [0.4, 0.5) is 5.69 Å². The van der Waals surface area contributed by atoms with Crippen LogP contribution in [-0.2, 0) is 4.74 Å². The fourth-order valence-electron chi connectivity index (χ4n) is 1.65. The molecule has 0 spiro atoms. The summed E-state index contributed by atoms with van der Waals surface area (Å²) in [4.78, 5) is 13.1. The van der Waals surface area contributed by atoms with Gasteiger partial charge in [-0.3, -0.25) is 0 Å². The topological polar surface area (TPSA) is 52.3 Å². The minimum absolute atomic E-state index is 0.281. The van der Waals surface area contributed by atoms with E-state index >= 15 is 0 Å². The van der Waals surface area contributed by atoms with Crippen LogP contribution in [0, 0.1) is 0 Å². The molecule has 0 atom stereocenters. The van der Waals surface area contributed by atoms with Crippen LogP contribution in [-0.4, -0.2) is 13.1 Å². The highest BCUT2D eigenvalue weighted by atomic mass is 35.5. The number of anilines is 1. The Morgan fingerprint density at radius 1 is 1.14 bits per heavy atom. The lowest BCUT2D eigenvalue weighted by Crippen LogP contribution is -2.05. The number of benzene rings is 2. The molecule has 0 aliphatic carbocycles. The van der Waals surface area contributed by atoms with Crippen molar-refractivity contribution >= 4 is 58.2 Å². The number of hydrogen-bond acceptors (Lipinski definition) is 4. The number of halogens is 3. The van der Waals surface area contributed by atoms with Gasteiger partial charge in [0.15, 0.2) is 0 Å². The Labute approximate surface area is 141 Å². The first-order chi connectivity index (χ1) is 9.92. The second-order valence-corrected chi connectivity index (χ2v) is 6.35. The molecule has 0 aliphatic rings. The van der Waals surface area contributed by atoms with Gasteiger partial charge in [0.05, 0.1) is 22.7 Å². The van der Waals surface area contributed by atoms with Crippen molar-refractivity contribution in [1.29, 1.82) is 0 Å². The van der Waals surface area contributed by atoms with Crippen molar-refractivity contribution in [2.75, 3.05) is 12.8 Å². The summed E-state index contributed by atoms with van der Waals surface area (Å²) in [6, 6.07) is 8.13. The molecule has 3 nitrogen and oxygen atoms in total. The molecular formula is C14H10Cl3NO2S. The minimum atomic E-state index is -0.523. The van der Waals surface area contributed by atoms with E-state index in [0.717, 1.165) is 0 Å². The van der Waals surface area contributed by atoms with E-state index in [-0.39, 0.29) is 5.56 Å². The highest BCUT2D eigenvalue weighted by Crippen LogP contribution is 2.41. The van der Waals surface area contributed by atoms with E-state index in [2.05, 4.69) is 0 Å². The molecule has 21 heavy (non-hydrogen) atoms. The molecule has 0 unspecified atom stereocenters. The van der Waals surface area contributed by atoms with Crippen LogP contribution in [0.2, 0.25) is 15.1 Å². The number of nitrogen functional groups attached to an aromatic ring is 1.